The molecule has 64 valence electrons. The lowest BCUT2D eigenvalue weighted by Gasteiger charge is -2.06. The Morgan fingerprint density at radius 3 is 2.18 bits per heavy atom. The third-order valence-electron chi connectivity index (χ3n) is 1.71. The predicted octanol–water partition coefficient (Wildman–Crippen LogP) is 2.45. The average Bonchev–Trinajstić information content (AvgIpc) is 1.87. The minimum Gasteiger partial charge on any atom is -0.402 e. The van der Waals surface area contributed by atoms with Gasteiger partial charge in [-0.25, -0.2) is 0 Å². The van der Waals surface area contributed by atoms with Crippen molar-refractivity contribution in [2.45, 2.75) is 40.0 Å². The Labute approximate surface area is 69.0 Å². The number of unbranched alkanes of at least 4 members (excludes halogenated alkanes) is 1. The van der Waals surface area contributed by atoms with Crippen LogP contribution < -0.4 is 5.73 Å². The summed E-state index contributed by atoms with van der Waals surface area (Å²) in [6, 6.07) is 0. The molecule has 0 amide bonds. The summed E-state index contributed by atoms with van der Waals surface area (Å²) in [6.07, 6.45) is 3.23. The summed E-state index contributed by atoms with van der Waals surface area (Å²) in [4.78, 5) is 0. The van der Waals surface area contributed by atoms with Crippen molar-refractivity contribution in [3.8, 4) is 0 Å². The molecule has 0 aromatic rings. The van der Waals surface area contributed by atoms with Crippen LogP contribution in [-0.2, 0) is 0 Å². The van der Waals surface area contributed by atoms with Gasteiger partial charge in [0.15, 0.2) is 0 Å². The highest BCUT2D eigenvalue weighted by Crippen LogP contribution is 2.10. The normalized spacial score (nSPS) is 12.6. The zero-order chi connectivity index (χ0) is 8.85. The smallest absolute Gasteiger partial charge is 0.0331 e. The lowest BCUT2D eigenvalue weighted by molar-refractivity contribution is 0.795. The number of hydrogen-bond acceptors (Lipinski definition) is 2. The molecule has 0 fully saturated rings. The molecule has 0 saturated carbocycles. The molecule has 0 radical (unpaired) electrons. The van der Waals surface area contributed by atoms with Gasteiger partial charge in [-0.05, 0) is 32.3 Å². The van der Waals surface area contributed by atoms with E-state index in [4.69, 9.17) is 11.1 Å². The van der Waals surface area contributed by atoms with Gasteiger partial charge in [0.25, 0.3) is 0 Å². The lowest BCUT2D eigenvalue weighted by Crippen LogP contribution is -2.05. The van der Waals surface area contributed by atoms with E-state index in [-0.39, 0.29) is 0 Å². The van der Waals surface area contributed by atoms with Gasteiger partial charge in [-0.15, -0.1) is 0 Å². The molecule has 3 N–H and O–H groups in total. The second-order valence-electron chi connectivity index (χ2n) is 2.89. The maximum atomic E-state index is 7.42. The van der Waals surface area contributed by atoms with E-state index < -0.39 is 0 Å². The van der Waals surface area contributed by atoms with Crippen LogP contribution in [0.5, 0.6) is 0 Å². The first-order chi connectivity index (χ1) is 5.09. The Hall–Kier alpha value is -0.790. The van der Waals surface area contributed by atoms with Crippen molar-refractivity contribution in [1.82, 2.24) is 0 Å². The molecule has 0 spiro atoms. The van der Waals surface area contributed by atoms with Crippen molar-refractivity contribution in [1.29, 1.82) is 5.41 Å². The molecular weight excluding hydrogens is 136 g/mol. The van der Waals surface area contributed by atoms with E-state index in [0.717, 1.165) is 30.5 Å². The van der Waals surface area contributed by atoms with Gasteiger partial charge in [-0.3, -0.25) is 0 Å². The summed E-state index contributed by atoms with van der Waals surface area (Å²) in [5.41, 5.74) is 8.04. The quantitative estimate of drug-likeness (QED) is 0.600. The van der Waals surface area contributed by atoms with Gasteiger partial charge in [-0.2, -0.15) is 0 Å². The summed E-state index contributed by atoms with van der Waals surface area (Å²) in [6.45, 7) is 5.80. The van der Waals surface area contributed by atoms with Gasteiger partial charge in [0.05, 0.1) is 0 Å². The fourth-order valence-corrected chi connectivity index (χ4v) is 1.03. The van der Waals surface area contributed by atoms with Gasteiger partial charge in [0, 0.05) is 11.4 Å². The first-order valence-electron chi connectivity index (χ1n) is 4.10. The molecule has 0 atom stereocenters. The fourth-order valence-electron chi connectivity index (χ4n) is 1.03. The topological polar surface area (TPSA) is 49.9 Å². The molecule has 0 aliphatic carbocycles. The van der Waals surface area contributed by atoms with Gasteiger partial charge >= 0.3 is 0 Å². The van der Waals surface area contributed by atoms with Crippen molar-refractivity contribution >= 4 is 5.71 Å². The van der Waals surface area contributed by atoms with Crippen LogP contribution in [0.25, 0.3) is 0 Å². The Kier molecular flexibility index (Phi) is 4.59. The van der Waals surface area contributed by atoms with E-state index in [1.807, 2.05) is 6.92 Å². The summed E-state index contributed by atoms with van der Waals surface area (Å²) >= 11 is 0. The van der Waals surface area contributed by atoms with Crippen molar-refractivity contribution < 1.29 is 0 Å². The zero-order valence-electron chi connectivity index (χ0n) is 7.70. The molecule has 2 nitrogen and oxygen atoms in total. The number of nitrogens with one attached hydrogen (secondary N) is 1. The first kappa shape index (κ1) is 10.2. The van der Waals surface area contributed by atoms with Crippen molar-refractivity contribution in [3.63, 3.8) is 0 Å². The molecular formula is C9H18N2. The maximum absolute atomic E-state index is 7.42. The Morgan fingerprint density at radius 2 is 1.91 bits per heavy atom. The lowest BCUT2D eigenvalue weighted by atomic mass is 10.0. The third kappa shape index (κ3) is 3.81. The molecule has 0 heterocycles. The Balaban J connectivity index is 4.14. The third-order valence-corrected chi connectivity index (χ3v) is 1.71. The largest absolute Gasteiger partial charge is 0.402 e. The summed E-state index contributed by atoms with van der Waals surface area (Å²) in [5, 5.41) is 7.42. The van der Waals surface area contributed by atoms with Crippen LogP contribution in [0.1, 0.15) is 40.0 Å². The van der Waals surface area contributed by atoms with Gasteiger partial charge in [0.1, 0.15) is 0 Å². The van der Waals surface area contributed by atoms with Crippen molar-refractivity contribution in [2.75, 3.05) is 0 Å². The molecule has 0 aromatic carbocycles. The fraction of sp³-hybridized carbons (Fsp3) is 0.667. The maximum Gasteiger partial charge on any atom is 0.0331 e. The second kappa shape index (κ2) is 4.94. The summed E-state index contributed by atoms with van der Waals surface area (Å²) in [7, 11) is 0. The zero-order valence-corrected chi connectivity index (χ0v) is 7.70. The minimum absolute atomic E-state index is 0.610. The molecule has 0 rings (SSSR count). The van der Waals surface area contributed by atoms with Crippen LogP contribution in [0.4, 0.5) is 0 Å². The molecule has 11 heavy (non-hydrogen) atoms. The Bertz CT molecular complexity index is 164. The molecule has 0 bridgehead atoms. The van der Waals surface area contributed by atoms with Crippen LogP contribution in [0.2, 0.25) is 0 Å². The van der Waals surface area contributed by atoms with E-state index in [1.54, 1.807) is 6.92 Å². The van der Waals surface area contributed by atoms with E-state index in [1.165, 1.54) is 0 Å². The monoisotopic (exact) mass is 154 g/mol. The van der Waals surface area contributed by atoms with E-state index in [9.17, 15) is 0 Å². The summed E-state index contributed by atoms with van der Waals surface area (Å²) in [5.74, 6) is 0. The van der Waals surface area contributed by atoms with Crippen molar-refractivity contribution in [3.05, 3.63) is 11.3 Å². The van der Waals surface area contributed by atoms with Crippen molar-refractivity contribution in [2.24, 2.45) is 5.73 Å². The molecule has 0 aromatic heterocycles. The SMILES string of the molecule is CCCC/C(C(C)=N)=C(\C)N. The minimum atomic E-state index is 0.610. The predicted molar refractivity (Wildman–Crippen MR) is 49.8 cm³/mol. The Morgan fingerprint density at radius 1 is 1.36 bits per heavy atom. The van der Waals surface area contributed by atoms with Gasteiger partial charge < -0.3 is 11.1 Å². The molecule has 2 heteroatoms. The van der Waals surface area contributed by atoms with E-state index >= 15 is 0 Å². The number of rotatable bonds is 4. The first-order valence-corrected chi connectivity index (χ1v) is 4.10. The second-order valence-corrected chi connectivity index (χ2v) is 2.89. The van der Waals surface area contributed by atoms with E-state index in [2.05, 4.69) is 6.92 Å². The van der Waals surface area contributed by atoms with E-state index in [0.29, 0.717) is 5.71 Å². The summed E-state index contributed by atoms with van der Waals surface area (Å²) < 4.78 is 0. The number of nitrogens with two attached hydrogens (primary N) is 1. The average molecular weight is 154 g/mol. The van der Waals surface area contributed by atoms with Crippen LogP contribution in [0.15, 0.2) is 11.3 Å². The molecule has 0 unspecified atom stereocenters. The standard InChI is InChI=1S/C9H18N2/c1-4-5-6-9(7(2)10)8(3)11/h10H,4-6,11H2,1-3H3/b9-8-,10-7?. The van der Waals surface area contributed by atoms with Crippen LogP contribution in [-0.4, -0.2) is 5.71 Å². The highest BCUT2D eigenvalue weighted by molar-refractivity contribution is 5.96. The van der Waals surface area contributed by atoms with Gasteiger partial charge in [-0.1, -0.05) is 13.3 Å². The molecule has 0 aliphatic rings. The van der Waals surface area contributed by atoms with Crippen LogP contribution in [0, 0.1) is 5.41 Å². The number of allylic oxidation sites excluding steroid dienone is 2. The number of hydrogen-bond donors (Lipinski definition) is 2. The highest BCUT2D eigenvalue weighted by Gasteiger charge is 2.01. The van der Waals surface area contributed by atoms with Crippen LogP contribution >= 0.6 is 0 Å². The van der Waals surface area contributed by atoms with Crippen LogP contribution in [0.3, 0.4) is 0 Å². The molecule has 0 aliphatic heterocycles. The molecule has 0 saturated heterocycles. The van der Waals surface area contributed by atoms with Gasteiger partial charge in [0.2, 0.25) is 0 Å². The highest BCUT2D eigenvalue weighted by atomic mass is 14.6.